The van der Waals surface area contributed by atoms with E-state index in [2.05, 4.69) is 58.9 Å². The summed E-state index contributed by atoms with van der Waals surface area (Å²) in [5.41, 5.74) is 7.01. The quantitative estimate of drug-likeness (QED) is 0.231. The Balaban J connectivity index is 2.60. The predicted molar refractivity (Wildman–Crippen MR) is 146 cm³/mol. The summed E-state index contributed by atoms with van der Waals surface area (Å²) in [7, 11) is 1.63. The summed E-state index contributed by atoms with van der Waals surface area (Å²) in [6.07, 6.45) is 24.2. The molecule has 0 saturated heterocycles. The lowest BCUT2D eigenvalue weighted by Crippen LogP contribution is -2.19. The van der Waals surface area contributed by atoms with E-state index >= 15 is 0 Å². The van der Waals surface area contributed by atoms with Crippen molar-refractivity contribution in [3.05, 3.63) is 82.5 Å². The van der Waals surface area contributed by atoms with E-state index in [1.165, 1.54) is 41.6 Å². The number of ether oxygens (including phenoxy) is 1. The van der Waals surface area contributed by atoms with Gasteiger partial charge in [0.15, 0.2) is 0 Å². The Morgan fingerprint density at radius 1 is 1.15 bits per heavy atom. The molecular formula is C31H46O3. The van der Waals surface area contributed by atoms with Gasteiger partial charge < -0.3 is 9.84 Å². The Labute approximate surface area is 208 Å². The van der Waals surface area contributed by atoms with Gasteiger partial charge in [0.25, 0.3) is 0 Å². The highest BCUT2D eigenvalue weighted by Gasteiger charge is 2.26. The van der Waals surface area contributed by atoms with E-state index < -0.39 is 11.9 Å². The number of aliphatic carboxylic acids is 1. The maximum atomic E-state index is 11.0. The molecule has 34 heavy (non-hydrogen) atoms. The van der Waals surface area contributed by atoms with E-state index in [0.717, 1.165) is 18.4 Å². The third-order valence-electron chi connectivity index (χ3n) is 6.58. The highest BCUT2D eigenvalue weighted by atomic mass is 16.5. The summed E-state index contributed by atoms with van der Waals surface area (Å²) in [5, 5.41) is 9.00. The number of carboxylic acids is 1. The molecule has 0 fully saturated rings. The molecule has 1 aliphatic rings. The summed E-state index contributed by atoms with van der Waals surface area (Å²) in [4.78, 5) is 11.0. The van der Waals surface area contributed by atoms with Crippen molar-refractivity contribution in [2.45, 2.75) is 86.7 Å². The standard InChI is InChI=1S/C31H46O3/c1-23(13-9-10-16-26(4)29(34-8)21-19-27(5)30(32)33)14-11-15-24(2)18-20-28-25(3)17-12-22-31(28,6)7/h9-10,13,15-16,18-21,27,29H,11-12,14,17,22H2,1-8H3,(H,32,33)/b10-9+,20-18+,21-19+,23-13+,24-15+,26-16+. The van der Waals surface area contributed by atoms with Crippen LogP contribution in [0.1, 0.15) is 80.6 Å². The number of methoxy groups -OCH3 is 1. The van der Waals surface area contributed by atoms with Crippen molar-refractivity contribution >= 4 is 5.97 Å². The molecule has 1 aliphatic carbocycles. The van der Waals surface area contributed by atoms with Gasteiger partial charge in [-0.05, 0) is 83.3 Å². The molecule has 0 bridgehead atoms. The van der Waals surface area contributed by atoms with Crippen LogP contribution in [0, 0.1) is 11.3 Å². The highest BCUT2D eigenvalue weighted by Crippen LogP contribution is 2.40. The first-order valence-electron chi connectivity index (χ1n) is 12.5. The number of hydrogen-bond donors (Lipinski definition) is 1. The minimum Gasteiger partial charge on any atom is -0.481 e. The van der Waals surface area contributed by atoms with Crippen LogP contribution in [0.2, 0.25) is 0 Å². The van der Waals surface area contributed by atoms with Gasteiger partial charge >= 0.3 is 5.97 Å². The number of rotatable bonds is 12. The molecule has 1 rings (SSSR count). The number of allylic oxidation sites excluding steroid dienone is 11. The minimum absolute atomic E-state index is 0.226. The van der Waals surface area contributed by atoms with Crippen molar-refractivity contribution < 1.29 is 14.6 Å². The van der Waals surface area contributed by atoms with Crippen LogP contribution < -0.4 is 0 Å². The van der Waals surface area contributed by atoms with Crippen molar-refractivity contribution in [2.75, 3.05) is 7.11 Å². The van der Waals surface area contributed by atoms with Gasteiger partial charge in [0.1, 0.15) is 0 Å². The summed E-state index contributed by atoms with van der Waals surface area (Å²) < 4.78 is 5.46. The Bertz CT molecular complexity index is 888. The van der Waals surface area contributed by atoms with E-state index in [4.69, 9.17) is 9.84 Å². The summed E-state index contributed by atoms with van der Waals surface area (Å²) >= 11 is 0. The largest absolute Gasteiger partial charge is 0.481 e. The van der Waals surface area contributed by atoms with Crippen LogP contribution in [0.5, 0.6) is 0 Å². The third-order valence-corrected chi connectivity index (χ3v) is 6.58. The van der Waals surface area contributed by atoms with Gasteiger partial charge in [0.2, 0.25) is 0 Å². The lowest BCUT2D eigenvalue weighted by Gasteiger charge is -2.32. The summed E-state index contributed by atoms with van der Waals surface area (Å²) in [6.45, 7) is 15.0. The molecule has 3 heteroatoms. The molecule has 1 N–H and O–H groups in total. The van der Waals surface area contributed by atoms with Crippen LogP contribution in [-0.4, -0.2) is 24.3 Å². The maximum Gasteiger partial charge on any atom is 0.310 e. The SMILES string of the molecule is COC(/C=C/C(C)C(=O)O)/C(C)=C/C=C/C=C(\C)CC/C=C(C)/C=C/C1=C(C)CCCC1(C)C. The van der Waals surface area contributed by atoms with Gasteiger partial charge in [0, 0.05) is 7.11 Å². The van der Waals surface area contributed by atoms with E-state index in [9.17, 15) is 4.79 Å². The first kappa shape index (κ1) is 29.6. The molecule has 3 nitrogen and oxygen atoms in total. The van der Waals surface area contributed by atoms with Crippen molar-refractivity contribution in [1.29, 1.82) is 0 Å². The Morgan fingerprint density at radius 3 is 2.44 bits per heavy atom. The lowest BCUT2D eigenvalue weighted by atomic mass is 9.72. The molecule has 2 atom stereocenters. The minimum atomic E-state index is -0.838. The van der Waals surface area contributed by atoms with Gasteiger partial charge in [-0.15, -0.1) is 0 Å². The van der Waals surface area contributed by atoms with Crippen LogP contribution in [0.4, 0.5) is 0 Å². The average Bonchev–Trinajstić information content (AvgIpc) is 2.76. The second-order valence-corrected chi connectivity index (χ2v) is 10.2. The third kappa shape index (κ3) is 10.7. The highest BCUT2D eigenvalue weighted by molar-refractivity contribution is 5.71. The second-order valence-electron chi connectivity index (χ2n) is 10.2. The fourth-order valence-corrected chi connectivity index (χ4v) is 4.19. The van der Waals surface area contributed by atoms with E-state index in [1.54, 1.807) is 26.2 Å². The zero-order valence-corrected chi connectivity index (χ0v) is 22.7. The molecule has 0 radical (unpaired) electrons. The maximum absolute atomic E-state index is 11.0. The number of hydrogen-bond acceptors (Lipinski definition) is 2. The van der Waals surface area contributed by atoms with Gasteiger partial charge in [-0.1, -0.05) is 85.3 Å². The molecule has 0 spiro atoms. The molecule has 0 heterocycles. The van der Waals surface area contributed by atoms with E-state index in [1.807, 2.05) is 25.2 Å². The molecule has 0 aromatic rings. The molecular weight excluding hydrogens is 420 g/mol. The van der Waals surface area contributed by atoms with E-state index in [0.29, 0.717) is 0 Å². The van der Waals surface area contributed by atoms with Crippen LogP contribution in [0.25, 0.3) is 0 Å². The van der Waals surface area contributed by atoms with Crippen molar-refractivity contribution in [1.82, 2.24) is 0 Å². The fourth-order valence-electron chi connectivity index (χ4n) is 4.19. The average molecular weight is 467 g/mol. The first-order chi connectivity index (χ1) is 16.0. The van der Waals surface area contributed by atoms with Crippen LogP contribution in [0.15, 0.2) is 82.5 Å². The normalized spacial score (nSPS) is 20.1. The molecule has 0 amide bonds. The first-order valence-corrected chi connectivity index (χ1v) is 12.5. The molecule has 0 saturated carbocycles. The van der Waals surface area contributed by atoms with Crippen LogP contribution in [-0.2, 0) is 9.53 Å². The monoisotopic (exact) mass is 466 g/mol. The summed E-state index contributed by atoms with van der Waals surface area (Å²) in [6, 6.07) is 0. The summed E-state index contributed by atoms with van der Waals surface area (Å²) in [5.74, 6) is -1.37. The van der Waals surface area contributed by atoms with Crippen molar-refractivity contribution in [2.24, 2.45) is 11.3 Å². The second kappa shape index (κ2) is 14.8. The topological polar surface area (TPSA) is 46.5 Å². The number of carboxylic acid groups (broad SMARTS) is 1. The fraction of sp³-hybridized carbons (Fsp3) is 0.516. The van der Waals surface area contributed by atoms with Crippen molar-refractivity contribution in [3.63, 3.8) is 0 Å². The van der Waals surface area contributed by atoms with Crippen LogP contribution in [0.3, 0.4) is 0 Å². The lowest BCUT2D eigenvalue weighted by molar-refractivity contribution is -0.139. The van der Waals surface area contributed by atoms with E-state index in [-0.39, 0.29) is 11.5 Å². The molecule has 0 aromatic carbocycles. The van der Waals surface area contributed by atoms with Crippen LogP contribution >= 0.6 is 0 Å². The van der Waals surface area contributed by atoms with Gasteiger partial charge in [-0.3, -0.25) is 4.79 Å². The smallest absolute Gasteiger partial charge is 0.310 e. The molecule has 0 aliphatic heterocycles. The Kier molecular flexibility index (Phi) is 12.9. The van der Waals surface area contributed by atoms with Gasteiger partial charge in [-0.2, -0.15) is 0 Å². The van der Waals surface area contributed by atoms with Gasteiger partial charge in [-0.25, -0.2) is 0 Å². The van der Waals surface area contributed by atoms with Gasteiger partial charge in [0.05, 0.1) is 12.0 Å². The Morgan fingerprint density at radius 2 is 1.82 bits per heavy atom. The molecule has 2 unspecified atom stereocenters. The molecule has 0 aromatic heterocycles. The molecule has 188 valence electrons. The number of carbonyl (C=O) groups is 1. The zero-order valence-electron chi connectivity index (χ0n) is 22.7. The predicted octanol–water partition coefficient (Wildman–Crippen LogP) is 8.54. The van der Waals surface area contributed by atoms with Crippen molar-refractivity contribution in [3.8, 4) is 0 Å². The Hall–Kier alpha value is -2.39. The zero-order chi connectivity index (χ0) is 25.7.